The maximum absolute atomic E-state index is 13.4. The van der Waals surface area contributed by atoms with Crippen LogP contribution in [-0.2, 0) is 14.6 Å². The smallest absolute Gasteiger partial charge is 0.242 e. The summed E-state index contributed by atoms with van der Waals surface area (Å²) in [7, 11) is -3.74. The lowest BCUT2D eigenvalue weighted by atomic mass is 10.0. The number of hydrogen-bond donors (Lipinski definition) is 1. The zero-order chi connectivity index (χ0) is 18.9. The van der Waals surface area contributed by atoms with Crippen LogP contribution in [0.15, 0.2) is 64.4 Å². The average Bonchev–Trinajstić information content (AvgIpc) is 3.21. The van der Waals surface area contributed by atoms with Crippen molar-refractivity contribution in [3.8, 4) is 0 Å². The maximum atomic E-state index is 13.4. The van der Waals surface area contributed by atoms with E-state index >= 15 is 0 Å². The standard InChI is InChI=1S/C21H23NO3S2/c23-20(22-18-12-15-26-19-11-5-4-10-17(18)19)21(13-6-7-14-21)27(24,25)16-8-2-1-3-9-16/h1-5,8-11,18H,6-7,12-15H2,(H,22,23). The molecule has 6 heteroatoms. The Morgan fingerprint density at radius 2 is 1.67 bits per heavy atom. The summed E-state index contributed by atoms with van der Waals surface area (Å²) in [6.45, 7) is 0. The van der Waals surface area contributed by atoms with Crippen molar-refractivity contribution in [2.45, 2.75) is 52.7 Å². The van der Waals surface area contributed by atoms with Crippen molar-refractivity contribution in [3.05, 3.63) is 60.2 Å². The van der Waals surface area contributed by atoms with E-state index in [0.29, 0.717) is 12.8 Å². The fourth-order valence-electron chi connectivity index (χ4n) is 4.17. The molecule has 2 aromatic carbocycles. The van der Waals surface area contributed by atoms with Gasteiger partial charge in [0.05, 0.1) is 10.9 Å². The number of sulfone groups is 1. The molecule has 2 aliphatic rings. The third-order valence-electron chi connectivity index (χ3n) is 5.66. The van der Waals surface area contributed by atoms with Crippen molar-refractivity contribution in [1.82, 2.24) is 5.32 Å². The van der Waals surface area contributed by atoms with Crippen LogP contribution in [0.2, 0.25) is 0 Å². The Morgan fingerprint density at radius 1 is 1.00 bits per heavy atom. The highest BCUT2D eigenvalue weighted by Crippen LogP contribution is 2.42. The van der Waals surface area contributed by atoms with Gasteiger partial charge in [-0.2, -0.15) is 0 Å². The number of fused-ring (bicyclic) bond motifs is 1. The van der Waals surface area contributed by atoms with Gasteiger partial charge < -0.3 is 5.32 Å². The molecule has 1 atom stereocenters. The Kier molecular flexibility index (Phi) is 5.03. The molecule has 27 heavy (non-hydrogen) atoms. The molecule has 1 saturated carbocycles. The molecule has 0 saturated heterocycles. The lowest BCUT2D eigenvalue weighted by Gasteiger charge is -2.32. The van der Waals surface area contributed by atoms with Crippen LogP contribution in [0.3, 0.4) is 0 Å². The van der Waals surface area contributed by atoms with E-state index in [1.165, 1.54) is 4.90 Å². The summed E-state index contributed by atoms with van der Waals surface area (Å²) in [6.07, 6.45) is 3.11. The van der Waals surface area contributed by atoms with Crippen LogP contribution < -0.4 is 5.32 Å². The predicted molar refractivity (Wildman–Crippen MR) is 107 cm³/mol. The Labute approximate surface area is 164 Å². The normalized spacial score (nSPS) is 21.4. The Bertz CT molecular complexity index is 935. The Balaban J connectivity index is 1.67. The molecular weight excluding hydrogens is 378 g/mol. The quantitative estimate of drug-likeness (QED) is 0.837. The molecule has 1 heterocycles. The summed E-state index contributed by atoms with van der Waals surface area (Å²) in [4.78, 5) is 14.8. The molecule has 1 N–H and O–H groups in total. The number of hydrogen-bond acceptors (Lipinski definition) is 4. The van der Waals surface area contributed by atoms with Crippen LogP contribution in [0.5, 0.6) is 0 Å². The first-order valence-corrected chi connectivity index (χ1v) is 11.8. The molecule has 1 unspecified atom stereocenters. The fourth-order valence-corrected chi connectivity index (χ4v) is 7.39. The van der Waals surface area contributed by atoms with Gasteiger partial charge in [-0.25, -0.2) is 8.42 Å². The summed E-state index contributed by atoms with van der Waals surface area (Å²) in [5.74, 6) is 0.580. The van der Waals surface area contributed by atoms with Gasteiger partial charge in [0.15, 0.2) is 14.6 Å². The van der Waals surface area contributed by atoms with Gasteiger partial charge in [-0.05, 0) is 43.0 Å². The highest BCUT2D eigenvalue weighted by molar-refractivity contribution is 7.99. The van der Waals surface area contributed by atoms with E-state index < -0.39 is 14.6 Å². The number of carbonyl (C=O) groups excluding carboxylic acids is 1. The zero-order valence-electron chi connectivity index (χ0n) is 15.1. The first kappa shape index (κ1) is 18.6. The van der Waals surface area contributed by atoms with Gasteiger partial charge in [0, 0.05) is 10.6 Å². The molecule has 1 aliphatic carbocycles. The van der Waals surface area contributed by atoms with Gasteiger partial charge in [0.25, 0.3) is 0 Å². The topological polar surface area (TPSA) is 63.2 Å². The van der Waals surface area contributed by atoms with Gasteiger partial charge in [-0.15, -0.1) is 11.8 Å². The second-order valence-corrected chi connectivity index (χ2v) is 10.6. The van der Waals surface area contributed by atoms with Crippen molar-refractivity contribution in [1.29, 1.82) is 0 Å². The molecule has 1 amide bonds. The second kappa shape index (κ2) is 7.32. The lowest BCUT2D eigenvalue weighted by molar-refractivity contribution is -0.124. The first-order valence-electron chi connectivity index (χ1n) is 9.37. The van der Waals surface area contributed by atoms with E-state index in [9.17, 15) is 13.2 Å². The third kappa shape index (κ3) is 3.19. The number of carbonyl (C=O) groups is 1. The summed E-state index contributed by atoms with van der Waals surface area (Å²) < 4.78 is 25.5. The number of benzene rings is 2. The largest absolute Gasteiger partial charge is 0.348 e. The van der Waals surface area contributed by atoms with Gasteiger partial charge >= 0.3 is 0 Å². The Hall–Kier alpha value is -1.79. The molecule has 0 bridgehead atoms. The highest BCUT2D eigenvalue weighted by atomic mass is 32.2. The third-order valence-corrected chi connectivity index (χ3v) is 9.29. The molecule has 4 nitrogen and oxygen atoms in total. The van der Waals surface area contributed by atoms with Crippen LogP contribution >= 0.6 is 11.8 Å². The molecule has 1 fully saturated rings. The minimum absolute atomic E-state index is 0.126. The van der Waals surface area contributed by atoms with Crippen molar-refractivity contribution in [2.24, 2.45) is 0 Å². The minimum Gasteiger partial charge on any atom is -0.348 e. The van der Waals surface area contributed by atoms with Crippen LogP contribution in [-0.4, -0.2) is 24.8 Å². The molecule has 0 radical (unpaired) electrons. The van der Waals surface area contributed by atoms with Crippen molar-refractivity contribution < 1.29 is 13.2 Å². The highest BCUT2D eigenvalue weighted by Gasteiger charge is 2.53. The van der Waals surface area contributed by atoms with Gasteiger partial charge in [0.2, 0.25) is 5.91 Å². The molecule has 4 rings (SSSR count). The molecule has 142 valence electrons. The summed E-state index contributed by atoms with van der Waals surface area (Å²) >= 11 is 1.78. The molecule has 1 aliphatic heterocycles. The number of nitrogens with one attached hydrogen (secondary N) is 1. The van der Waals surface area contributed by atoms with Crippen LogP contribution in [0.4, 0.5) is 0 Å². The maximum Gasteiger partial charge on any atom is 0.242 e. The molecule has 0 spiro atoms. The van der Waals surface area contributed by atoms with Crippen LogP contribution in [0.25, 0.3) is 0 Å². The minimum atomic E-state index is -3.74. The molecule has 0 aromatic heterocycles. The van der Waals surface area contributed by atoms with E-state index in [2.05, 4.69) is 11.4 Å². The van der Waals surface area contributed by atoms with Crippen molar-refractivity contribution in [3.63, 3.8) is 0 Å². The zero-order valence-corrected chi connectivity index (χ0v) is 16.7. The number of amides is 1. The van der Waals surface area contributed by atoms with Gasteiger partial charge in [-0.1, -0.05) is 49.2 Å². The Morgan fingerprint density at radius 3 is 2.41 bits per heavy atom. The van der Waals surface area contributed by atoms with Crippen LogP contribution in [0.1, 0.15) is 43.7 Å². The van der Waals surface area contributed by atoms with E-state index in [1.807, 2.05) is 18.2 Å². The summed E-state index contributed by atoms with van der Waals surface area (Å²) in [5.41, 5.74) is 1.09. The van der Waals surface area contributed by atoms with Gasteiger partial charge in [0.1, 0.15) is 0 Å². The summed E-state index contributed by atoms with van der Waals surface area (Å²) in [6, 6.07) is 16.3. The number of rotatable bonds is 4. The molecule has 2 aromatic rings. The average molecular weight is 402 g/mol. The predicted octanol–water partition coefficient (Wildman–Crippen LogP) is 4.13. The van der Waals surface area contributed by atoms with E-state index in [4.69, 9.17) is 0 Å². The second-order valence-electron chi connectivity index (χ2n) is 7.22. The SMILES string of the molecule is O=C(NC1CCSc2ccccc21)C1(S(=O)(=O)c2ccccc2)CCCC1. The van der Waals surface area contributed by atoms with E-state index in [1.54, 1.807) is 42.1 Å². The van der Waals surface area contributed by atoms with E-state index in [0.717, 1.165) is 30.6 Å². The van der Waals surface area contributed by atoms with Crippen molar-refractivity contribution in [2.75, 3.05) is 5.75 Å². The lowest BCUT2D eigenvalue weighted by Crippen LogP contribution is -2.51. The van der Waals surface area contributed by atoms with E-state index in [-0.39, 0.29) is 16.8 Å². The fraction of sp³-hybridized carbons (Fsp3) is 0.381. The number of thioether (sulfide) groups is 1. The van der Waals surface area contributed by atoms with Crippen molar-refractivity contribution >= 4 is 27.5 Å². The molecular formula is C21H23NO3S2. The first-order chi connectivity index (χ1) is 13.0. The summed E-state index contributed by atoms with van der Waals surface area (Å²) in [5, 5.41) is 3.10. The monoisotopic (exact) mass is 401 g/mol. The van der Waals surface area contributed by atoms with Gasteiger partial charge in [-0.3, -0.25) is 4.79 Å². The van der Waals surface area contributed by atoms with Crippen LogP contribution in [0, 0.1) is 0 Å².